The third-order valence-electron chi connectivity index (χ3n) is 3.17. The van der Waals surface area contributed by atoms with Crippen molar-refractivity contribution in [2.75, 3.05) is 18.9 Å². The van der Waals surface area contributed by atoms with Gasteiger partial charge >= 0.3 is 0 Å². The second kappa shape index (κ2) is 5.35. The van der Waals surface area contributed by atoms with Crippen molar-refractivity contribution >= 4 is 31.6 Å². The standard InChI is InChI=1S/C11H14BrFN2O3S/c12-8-4-11(10(14)5-9(8)13)19(17,18)15-3-1-2-7(15)6-16/h4-5,7,16H,1-3,6,14H2. The van der Waals surface area contributed by atoms with E-state index in [1.165, 1.54) is 4.31 Å². The lowest BCUT2D eigenvalue weighted by atomic mass is 10.2. The Bertz CT molecular complexity index is 594. The molecule has 0 amide bonds. The van der Waals surface area contributed by atoms with Gasteiger partial charge in [-0.2, -0.15) is 4.31 Å². The third-order valence-corrected chi connectivity index (χ3v) is 5.79. The van der Waals surface area contributed by atoms with Crippen LogP contribution in [-0.2, 0) is 10.0 Å². The summed E-state index contributed by atoms with van der Waals surface area (Å²) in [5.41, 5.74) is 5.47. The fourth-order valence-corrected chi connectivity index (χ4v) is 4.51. The summed E-state index contributed by atoms with van der Waals surface area (Å²) in [6, 6.07) is 1.70. The van der Waals surface area contributed by atoms with E-state index in [0.29, 0.717) is 19.4 Å². The van der Waals surface area contributed by atoms with Gasteiger partial charge in [-0.05, 0) is 40.9 Å². The predicted octanol–water partition coefficient (Wildman–Crippen LogP) is 1.32. The summed E-state index contributed by atoms with van der Waals surface area (Å²) < 4.78 is 39.5. The number of anilines is 1. The normalized spacial score (nSPS) is 20.9. The number of sulfonamides is 1. The van der Waals surface area contributed by atoms with E-state index in [-0.39, 0.29) is 21.7 Å². The minimum Gasteiger partial charge on any atom is -0.398 e. The smallest absolute Gasteiger partial charge is 0.245 e. The van der Waals surface area contributed by atoms with E-state index in [9.17, 15) is 17.9 Å². The van der Waals surface area contributed by atoms with Crippen LogP contribution in [0.25, 0.3) is 0 Å². The molecule has 1 unspecified atom stereocenters. The molecule has 1 saturated heterocycles. The van der Waals surface area contributed by atoms with Crippen molar-refractivity contribution in [1.82, 2.24) is 4.31 Å². The molecule has 0 bridgehead atoms. The van der Waals surface area contributed by atoms with Gasteiger partial charge in [-0.1, -0.05) is 0 Å². The van der Waals surface area contributed by atoms with Crippen molar-refractivity contribution in [3.8, 4) is 0 Å². The molecule has 0 saturated carbocycles. The van der Waals surface area contributed by atoms with Crippen molar-refractivity contribution < 1.29 is 17.9 Å². The molecule has 0 aliphatic carbocycles. The molecule has 1 aliphatic heterocycles. The van der Waals surface area contributed by atoms with E-state index < -0.39 is 21.9 Å². The van der Waals surface area contributed by atoms with Crippen LogP contribution in [0.5, 0.6) is 0 Å². The Labute approximate surface area is 119 Å². The Morgan fingerprint density at radius 3 is 2.84 bits per heavy atom. The van der Waals surface area contributed by atoms with Crippen LogP contribution in [0, 0.1) is 5.82 Å². The maximum atomic E-state index is 13.3. The molecule has 19 heavy (non-hydrogen) atoms. The van der Waals surface area contributed by atoms with Crippen LogP contribution in [0.4, 0.5) is 10.1 Å². The first kappa shape index (κ1) is 14.7. The molecule has 8 heteroatoms. The fourth-order valence-electron chi connectivity index (χ4n) is 2.20. The zero-order valence-electron chi connectivity index (χ0n) is 10.0. The fraction of sp³-hybridized carbons (Fsp3) is 0.455. The Morgan fingerprint density at radius 2 is 2.21 bits per heavy atom. The lowest BCUT2D eigenvalue weighted by molar-refractivity contribution is 0.213. The summed E-state index contributed by atoms with van der Waals surface area (Å²) >= 11 is 2.95. The van der Waals surface area contributed by atoms with Gasteiger partial charge in [-0.25, -0.2) is 12.8 Å². The van der Waals surface area contributed by atoms with Gasteiger partial charge in [-0.3, -0.25) is 0 Å². The van der Waals surface area contributed by atoms with Gasteiger partial charge in [0.1, 0.15) is 10.7 Å². The first-order chi connectivity index (χ1) is 8.87. The predicted molar refractivity (Wildman–Crippen MR) is 72.5 cm³/mol. The van der Waals surface area contributed by atoms with E-state index in [1.807, 2.05) is 0 Å². The molecular weight excluding hydrogens is 339 g/mol. The van der Waals surface area contributed by atoms with Gasteiger partial charge in [-0.15, -0.1) is 0 Å². The van der Waals surface area contributed by atoms with Crippen molar-refractivity contribution in [2.45, 2.75) is 23.8 Å². The van der Waals surface area contributed by atoms with Crippen molar-refractivity contribution in [3.05, 3.63) is 22.4 Å². The molecule has 5 nitrogen and oxygen atoms in total. The third kappa shape index (κ3) is 2.62. The van der Waals surface area contributed by atoms with Gasteiger partial charge in [0.15, 0.2) is 0 Å². The van der Waals surface area contributed by atoms with E-state index in [2.05, 4.69) is 15.9 Å². The van der Waals surface area contributed by atoms with Gasteiger partial charge in [0.25, 0.3) is 0 Å². The maximum absolute atomic E-state index is 13.3. The van der Waals surface area contributed by atoms with E-state index in [1.54, 1.807) is 0 Å². The first-order valence-electron chi connectivity index (χ1n) is 5.75. The topological polar surface area (TPSA) is 83.6 Å². The van der Waals surface area contributed by atoms with Crippen LogP contribution in [0.3, 0.4) is 0 Å². The van der Waals surface area contributed by atoms with Crippen molar-refractivity contribution in [2.24, 2.45) is 0 Å². The second-order valence-electron chi connectivity index (χ2n) is 4.40. The summed E-state index contributed by atoms with van der Waals surface area (Å²) in [7, 11) is -3.82. The maximum Gasteiger partial charge on any atom is 0.245 e. The largest absolute Gasteiger partial charge is 0.398 e. The highest BCUT2D eigenvalue weighted by Crippen LogP contribution is 2.32. The lowest BCUT2D eigenvalue weighted by Crippen LogP contribution is -2.37. The molecule has 1 aliphatic rings. The summed E-state index contributed by atoms with van der Waals surface area (Å²) in [5, 5.41) is 9.21. The summed E-state index contributed by atoms with van der Waals surface area (Å²) in [6.07, 6.45) is 1.30. The number of benzene rings is 1. The molecular formula is C11H14BrFN2O3S. The molecule has 1 aromatic carbocycles. The van der Waals surface area contributed by atoms with Crippen LogP contribution in [-0.4, -0.2) is 37.0 Å². The average Bonchev–Trinajstić information content (AvgIpc) is 2.82. The van der Waals surface area contributed by atoms with Gasteiger partial charge in [0, 0.05) is 12.6 Å². The van der Waals surface area contributed by atoms with Crippen LogP contribution in [0.15, 0.2) is 21.5 Å². The highest BCUT2D eigenvalue weighted by atomic mass is 79.9. The number of rotatable bonds is 3. The minimum absolute atomic E-state index is 0.0417. The number of hydrogen-bond donors (Lipinski definition) is 2. The Balaban J connectivity index is 2.48. The molecule has 2 rings (SSSR count). The molecule has 1 fully saturated rings. The first-order valence-corrected chi connectivity index (χ1v) is 7.98. The molecule has 0 spiro atoms. The Morgan fingerprint density at radius 1 is 1.53 bits per heavy atom. The van der Waals surface area contributed by atoms with Crippen LogP contribution in [0.2, 0.25) is 0 Å². The van der Waals surface area contributed by atoms with Gasteiger partial charge in [0.2, 0.25) is 10.0 Å². The zero-order valence-corrected chi connectivity index (χ0v) is 12.4. The number of aliphatic hydroxyl groups excluding tert-OH is 1. The number of halogens is 2. The van der Waals surface area contributed by atoms with Crippen LogP contribution in [0.1, 0.15) is 12.8 Å². The SMILES string of the molecule is Nc1cc(F)c(Br)cc1S(=O)(=O)N1CCCC1CO. The second-order valence-corrected chi connectivity index (χ2v) is 7.11. The molecule has 1 heterocycles. The Hall–Kier alpha value is -0.700. The molecule has 1 aromatic rings. The number of aliphatic hydroxyl groups is 1. The van der Waals surface area contributed by atoms with Crippen molar-refractivity contribution in [3.63, 3.8) is 0 Å². The van der Waals surface area contributed by atoms with Crippen LogP contribution >= 0.6 is 15.9 Å². The monoisotopic (exact) mass is 352 g/mol. The average molecular weight is 353 g/mol. The van der Waals surface area contributed by atoms with Gasteiger partial charge in [0.05, 0.1) is 16.8 Å². The van der Waals surface area contributed by atoms with E-state index in [4.69, 9.17) is 5.73 Å². The number of nitrogens with two attached hydrogens (primary N) is 1. The van der Waals surface area contributed by atoms with Crippen molar-refractivity contribution in [1.29, 1.82) is 0 Å². The molecule has 0 radical (unpaired) electrons. The molecule has 1 atom stereocenters. The van der Waals surface area contributed by atoms with E-state index in [0.717, 1.165) is 12.1 Å². The highest BCUT2D eigenvalue weighted by molar-refractivity contribution is 9.10. The highest BCUT2D eigenvalue weighted by Gasteiger charge is 2.36. The summed E-state index contributed by atoms with van der Waals surface area (Å²) in [6.45, 7) is 0.101. The zero-order chi connectivity index (χ0) is 14.2. The van der Waals surface area contributed by atoms with Crippen LogP contribution < -0.4 is 5.73 Å². The number of nitrogens with zero attached hydrogens (tertiary/aromatic N) is 1. The Kier molecular flexibility index (Phi) is 4.14. The van der Waals surface area contributed by atoms with E-state index >= 15 is 0 Å². The summed E-state index contributed by atoms with van der Waals surface area (Å²) in [4.78, 5) is -0.138. The summed E-state index contributed by atoms with van der Waals surface area (Å²) in [5.74, 6) is -0.614. The lowest BCUT2D eigenvalue weighted by Gasteiger charge is -2.23. The molecule has 106 valence electrons. The minimum atomic E-state index is -3.82. The molecule has 0 aromatic heterocycles. The number of hydrogen-bond acceptors (Lipinski definition) is 4. The van der Waals surface area contributed by atoms with Gasteiger partial charge < -0.3 is 10.8 Å². The number of nitrogen functional groups attached to an aromatic ring is 1. The quantitative estimate of drug-likeness (QED) is 0.803. The molecule has 3 N–H and O–H groups in total.